The van der Waals surface area contributed by atoms with Crippen LogP contribution < -0.4 is 0 Å². The molecule has 0 aliphatic heterocycles. The second-order valence-corrected chi connectivity index (χ2v) is 4.22. The number of rotatable bonds is 3. The number of benzene rings is 1. The van der Waals surface area contributed by atoms with Gasteiger partial charge in [0.25, 0.3) is 0 Å². The van der Waals surface area contributed by atoms with Crippen LogP contribution in [0, 0.1) is 4.64 Å². The summed E-state index contributed by atoms with van der Waals surface area (Å²) in [5.74, 6) is -0.399. The zero-order valence-electron chi connectivity index (χ0n) is 10.4. The van der Waals surface area contributed by atoms with E-state index in [1.165, 1.54) is 13.2 Å². The molecular weight excluding hydrogens is 258 g/mol. The summed E-state index contributed by atoms with van der Waals surface area (Å²) in [6.07, 6.45) is 4.92. The molecule has 0 atom stereocenters. The van der Waals surface area contributed by atoms with Gasteiger partial charge in [0.05, 0.1) is 7.11 Å². The second-order valence-electron chi connectivity index (χ2n) is 3.83. The molecule has 1 aromatic carbocycles. The van der Waals surface area contributed by atoms with Gasteiger partial charge in [0, 0.05) is 23.5 Å². The summed E-state index contributed by atoms with van der Waals surface area (Å²) in [7, 11) is 1.34. The Bertz CT molecular complexity index is 659. The molecule has 2 aromatic rings. The molecule has 0 aliphatic carbocycles. The van der Waals surface area contributed by atoms with Gasteiger partial charge in [-0.25, -0.2) is 4.79 Å². The van der Waals surface area contributed by atoms with Crippen LogP contribution in [0.15, 0.2) is 54.7 Å². The van der Waals surface area contributed by atoms with Crippen LogP contribution in [0.4, 0.5) is 0 Å². The number of aromatic nitrogens is 1. The van der Waals surface area contributed by atoms with Gasteiger partial charge >= 0.3 is 5.97 Å². The van der Waals surface area contributed by atoms with E-state index in [1.807, 2.05) is 53.2 Å². The van der Waals surface area contributed by atoms with E-state index >= 15 is 0 Å². The number of carbonyl (C=O) groups excluding carboxylic acids is 1. The first kappa shape index (κ1) is 13.2. The Balaban J connectivity index is 2.42. The van der Waals surface area contributed by atoms with Crippen molar-refractivity contribution in [3.63, 3.8) is 0 Å². The molecule has 19 heavy (non-hydrogen) atoms. The molecule has 1 heterocycles. The quantitative estimate of drug-likeness (QED) is 0.487. The fourth-order valence-corrected chi connectivity index (χ4v) is 1.96. The first-order valence-corrected chi connectivity index (χ1v) is 6.16. The Morgan fingerprint density at radius 3 is 2.63 bits per heavy atom. The van der Waals surface area contributed by atoms with Crippen molar-refractivity contribution in [3.8, 4) is 5.69 Å². The molecule has 0 saturated carbocycles. The van der Waals surface area contributed by atoms with Crippen molar-refractivity contribution in [2.75, 3.05) is 7.11 Å². The first-order chi connectivity index (χ1) is 9.22. The first-order valence-electron chi connectivity index (χ1n) is 5.75. The molecule has 0 aliphatic rings. The number of methoxy groups -OCH3 is 1. The second kappa shape index (κ2) is 6.11. The fourth-order valence-electron chi connectivity index (χ4n) is 1.66. The van der Waals surface area contributed by atoms with Crippen molar-refractivity contribution in [1.82, 2.24) is 4.57 Å². The molecule has 0 unspecified atom stereocenters. The molecule has 0 saturated heterocycles. The van der Waals surface area contributed by atoms with Crippen LogP contribution in [0.5, 0.6) is 0 Å². The lowest BCUT2D eigenvalue weighted by Gasteiger charge is -2.08. The standard InChI is InChI=1S/C15H13NO2S/c1-18-14(17)10-9-12-6-5-11-16(15(12)19)13-7-3-2-4-8-13/h2-11H,1H3/b10-9-. The highest BCUT2D eigenvalue weighted by Gasteiger charge is 1.99. The number of nitrogens with zero attached hydrogens (tertiary/aromatic N) is 1. The number of pyridine rings is 1. The van der Waals surface area contributed by atoms with Crippen molar-refractivity contribution < 1.29 is 9.53 Å². The lowest BCUT2D eigenvalue weighted by atomic mass is 10.2. The van der Waals surface area contributed by atoms with Crippen molar-refractivity contribution in [3.05, 3.63) is 64.9 Å². The number of hydrogen-bond acceptors (Lipinski definition) is 3. The van der Waals surface area contributed by atoms with Crippen LogP contribution in [0.1, 0.15) is 5.56 Å². The Morgan fingerprint density at radius 1 is 1.21 bits per heavy atom. The van der Waals surface area contributed by atoms with E-state index in [-0.39, 0.29) is 0 Å². The van der Waals surface area contributed by atoms with Crippen molar-refractivity contribution in [2.24, 2.45) is 0 Å². The molecule has 4 heteroatoms. The van der Waals surface area contributed by atoms with E-state index in [0.29, 0.717) is 4.64 Å². The summed E-state index contributed by atoms with van der Waals surface area (Å²) >= 11 is 5.42. The largest absolute Gasteiger partial charge is 0.466 e. The topological polar surface area (TPSA) is 31.2 Å². The summed E-state index contributed by atoms with van der Waals surface area (Å²) in [6, 6.07) is 13.6. The average molecular weight is 271 g/mol. The predicted molar refractivity (Wildman–Crippen MR) is 77.7 cm³/mol. The molecule has 0 radical (unpaired) electrons. The maximum Gasteiger partial charge on any atom is 0.330 e. The third kappa shape index (κ3) is 3.17. The number of ether oxygens (including phenoxy) is 1. The molecule has 0 spiro atoms. The summed E-state index contributed by atoms with van der Waals surface area (Å²) in [5.41, 5.74) is 1.78. The Hall–Kier alpha value is -2.20. The van der Waals surface area contributed by atoms with Gasteiger partial charge in [-0.15, -0.1) is 0 Å². The van der Waals surface area contributed by atoms with Gasteiger partial charge in [-0.05, 0) is 24.3 Å². The number of para-hydroxylation sites is 1. The third-order valence-corrected chi connectivity index (χ3v) is 3.04. The molecule has 2 rings (SSSR count). The van der Waals surface area contributed by atoms with Gasteiger partial charge in [-0.2, -0.15) is 0 Å². The summed E-state index contributed by atoms with van der Waals surface area (Å²) in [5, 5.41) is 0. The lowest BCUT2D eigenvalue weighted by Crippen LogP contribution is -1.98. The number of carbonyl (C=O) groups is 1. The van der Waals surface area contributed by atoms with E-state index in [1.54, 1.807) is 6.08 Å². The molecule has 0 N–H and O–H groups in total. The van der Waals surface area contributed by atoms with Crippen LogP contribution in [0.25, 0.3) is 11.8 Å². The van der Waals surface area contributed by atoms with Gasteiger partial charge < -0.3 is 9.30 Å². The van der Waals surface area contributed by atoms with Gasteiger partial charge in [-0.3, -0.25) is 0 Å². The Morgan fingerprint density at radius 2 is 1.95 bits per heavy atom. The van der Waals surface area contributed by atoms with E-state index in [9.17, 15) is 4.79 Å². The zero-order valence-corrected chi connectivity index (χ0v) is 11.3. The zero-order chi connectivity index (χ0) is 13.7. The predicted octanol–water partition coefficient (Wildman–Crippen LogP) is 3.39. The number of hydrogen-bond donors (Lipinski definition) is 0. The summed E-state index contributed by atoms with van der Waals surface area (Å²) in [4.78, 5) is 11.1. The van der Waals surface area contributed by atoms with Crippen LogP contribution in [0.3, 0.4) is 0 Å². The molecule has 96 valence electrons. The Labute approximate surface area is 116 Å². The highest BCUT2D eigenvalue weighted by Crippen LogP contribution is 2.12. The minimum absolute atomic E-state index is 0.399. The maximum atomic E-state index is 11.1. The van der Waals surface area contributed by atoms with Gasteiger partial charge in [-0.1, -0.05) is 36.5 Å². The van der Waals surface area contributed by atoms with E-state index in [0.717, 1.165) is 11.3 Å². The Kier molecular flexibility index (Phi) is 4.26. The van der Waals surface area contributed by atoms with Crippen LogP contribution >= 0.6 is 12.2 Å². The number of esters is 1. The molecule has 0 fully saturated rings. The van der Waals surface area contributed by atoms with Gasteiger partial charge in [0.1, 0.15) is 4.64 Å². The van der Waals surface area contributed by atoms with E-state index in [2.05, 4.69) is 4.74 Å². The molecule has 3 nitrogen and oxygen atoms in total. The lowest BCUT2D eigenvalue weighted by molar-refractivity contribution is -0.134. The molecule has 0 bridgehead atoms. The summed E-state index contributed by atoms with van der Waals surface area (Å²) in [6.45, 7) is 0. The SMILES string of the molecule is COC(=O)/C=C\c1cccn(-c2ccccc2)c1=S. The monoisotopic (exact) mass is 271 g/mol. The highest BCUT2D eigenvalue weighted by atomic mass is 32.1. The molecular formula is C15H13NO2S. The van der Waals surface area contributed by atoms with Crippen LogP contribution in [0.2, 0.25) is 0 Å². The minimum Gasteiger partial charge on any atom is -0.466 e. The molecule has 1 aromatic heterocycles. The normalized spacial score (nSPS) is 10.6. The maximum absolute atomic E-state index is 11.1. The third-order valence-electron chi connectivity index (χ3n) is 2.61. The van der Waals surface area contributed by atoms with E-state index in [4.69, 9.17) is 12.2 Å². The minimum atomic E-state index is -0.399. The van der Waals surface area contributed by atoms with Crippen molar-refractivity contribution in [1.29, 1.82) is 0 Å². The van der Waals surface area contributed by atoms with Crippen LogP contribution in [-0.4, -0.2) is 17.6 Å². The van der Waals surface area contributed by atoms with Crippen LogP contribution in [-0.2, 0) is 9.53 Å². The molecule has 0 amide bonds. The summed E-state index contributed by atoms with van der Waals surface area (Å²) < 4.78 is 7.10. The van der Waals surface area contributed by atoms with Crippen molar-refractivity contribution in [2.45, 2.75) is 0 Å². The van der Waals surface area contributed by atoms with Crippen molar-refractivity contribution >= 4 is 24.3 Å². The smallest absolute Gasteiger partial charge is 0.330 e. The average Bonchev–Trinajstić information content (AvgIpc) is 2.46. The van der Waals surface area contributed by atoms with Gasteiger partial charge in [0.2, 0.25) is 0 Å². The van der Waals surface area contributed by atoms with Gasteiger partial charge in [0.15, 0.2) is 0 Å². The highest BCUT2D eigenvalue weighted by molar-refractivity contribution is 7.71. The van der Waals surface area contributed by atoms with E-state index < -0.39 is 5.97 Å². The fraction of sp³-hybridized carbons (Fsp3) is 0.0667.